The standard InChI is InChI=1S/C12H13ClN2O3S/c13-10-3-1-2-9(11(10)15(17)18)12(16)14-8-4-6-19-7-5-8/h1-3,8H,4-7H2,(H,14,16). The maximum atomic E-state index is 12.1. The lowest BCUT2D eigenvalue weighted by Crippen LogP contribution is -2.37. The van der Waals surface area contributed by atoms with Crippen molar-refractivity contribution in [3.8, 4) is 0 Å². The van der Waals surface area contributed by atoms with Gasteiger partial charge in [-0.05, 0) is 36.5 Å². The Balaban J connectivity index is 2.18. The van der Waals surface area contributed by atoms with E-state index in [9.17, 15) is 14.9 Å². The number of rotatable bonds is 3. The third-order valence-corrected chi connectivity index (χ3v) is 4.32. The molecule has 7 heteroatoms. The van der Waals surface area contributed by atoms with Gasteiger partial charge in [-0.1, -0.05) is 17.7 Å². The van der Waals surface area contributed by atoms with Crippen molar-refractivity contribution in [2.75, 3.05) is 11.5 Å². The van der Waals surface area contributed by atoms with Crippen LogP contribution < -0.4 is 5.32 Å². The normalized spacial score (nSPS) is 16.1. The molecule has 0 saturated carbocycles. The molecule has 0 spiro atoms. The molecule has 0 atom stereocenters. The average molecular weight is 301 g/mol. The highest BCUT2D eigenvalue weighted by atomic mass is 35.5. The first-order chi connectivity index (χ1) is 9.09. The molecule has 1 amide bonds. The number of carbonyl (C=O) groups excluding carboxylic acids is 1. The van der Waals surface area contributed by atoms with Crippen LogP contribution in [0, 0.1) is 10.1 Å². The van der Waals surface area contributed by atoms with Gasteiger partial charge in [0.2, 0.25) is 0 Å². The summed E-state index contributed by atoms with van der Waals surface area (Å²) in [5.41, 5.74) is -0.303. The Kier molecular flexibility index (Phi) is 4.66. The van der Waals surface area contributed by atoms with Crippen molar-refractivity contribution >= 4 is 35.0 Å². The number of nitro benzene ring substituents is 1. The van der Waals surface area contributed by atoms with Gasteiger partial charge in [-0.3, -0.25) is 14.9 Å². The van der Waals surface area contributed by atoms with Crippen molar-refractivity contribution in [3.63, 3.8) is 0 Å². The number of nitro groups is 1. The van der Waals surface area contributed by atoms with Crippen LogP contribution in [0.3, 0.4) is 0 Å². The molecular formula is C12H13ClN2O3S. The summed E-state index contributed by atoms with van der Waals surface area (Å²) in [6, 6.07) is 4.47. The van der Waals surface area contributed by atoms with Gasteiger partial charge in [0, 0.05) is 6.04 Å². The summed E-state index contributed by atoms with van der Waals surface area (Å²) in [7, 11) is 0. The summed E-state index contributed by atoms with van der Waals surface area (Å²) in [4.78, 5) is 22.5. The molecule has 1 aliphatic rings. The van der Waals surface area contributed by atoms with Crippen LogP contribution in [0.5, 0.6) is 0 Å². The molecule has 0 unspecified atom stereocenters. The molecule has 1 N–H and O–H groups in total. The van der Waals surface area contributed by atoms with Gasteiger partial charge < -0.3 is 5.32 Å². The topological polar surface area (TPSA) is 72.2 Å². The lowest BCUT2D eigenvalue weighted by Gasteiger charge is -2.22. The average Bonchev–Trinajstić information content (AvgIpc) is 2.39. The van der Waals surface area contributed by atoms with Crippen molar-refractivity contribution in [2.45, 2.75) is 18.9 Å². The van der Waals surface area contributed by atoms with Gasteiger partial charge in [0.1, 0.15) is 10.6 Å². The number of benzene rings is 1. The number of para-hydroxylation sites is 1. The predicted molar refractivity (Wildman–Crippen MR) is 75.9 cm³/mol. The zero-order valence-electron chi connectivity index (χ0n) is 10.1. The van der Waals surface area contributed by atoms with Crippen molar-refractivity contribution in [1.82, 2.24) is 5.32 Å². The van der Waals surface area contributed by atoms with Crippen LogP contribution in [0.2, 0.25) is 5.02 Å². The molecule has 1 aliphatic heterocycles. The Bertz CT molecular complexity index is 504. The minimum Gasteiger partial charge on any atom is -0.349 e. The van der Waals surface area contributed by atoms with Crippen molar-refractivity contribution in [1.29, 1.82) is 0 Å². The molecule has 0 bridgehead atoms. The molecule has 0 aromatic heterocycles. The molecular weight excluding hydrogens is 288 g/mol. The van der Waals surface area contributed by atoms with E-state index in [1.807, 2.05) is 11.8 Å². The van der Waals surface area contributed by atoms with E-state index in [-0.39, 0.29) is 22.3 Å². The fourth-order valence-corrected chi connectivity index (χ4v) is 3.34. The SMILES string of the molecule is O=C(NC1CCSCC1)c1cccc(Cl)c1[N+](=O)[O-]. The van der Waals surface area contributed by atoms with Crippen LogP contribution in [0.4, 0.5) is 5.69 Å². The Morgan fingerprint density at radius 1 is 1.42 bits per heavy atom. The highest BCUT2D eigenvalue weighted by Gasteiger charge is 2.25. The number of amides is 1. The molecule has 1 aromatic carbocycles. The summed E-state index contributed by atoms with van der Waals surface area (Å²) in [5.74, 6) is 1.58. The van der Waals surface area contributed by atoms with E-state index >= 15 is 0 Å². The quantitative estimate of drug-likeness (QED) is 0.688. The lowest BCUT2D eigenvalue weighted by atomic mass is 10.1. The van der Waals surface area contributed by atoms with Gasteiger partial charge >= 0.3 is 5.69 Å². The monoisotopic (exact) mass is 300 g/mol. The molecule has 102 valence electrons. The third kappa shape index (κ3) is 3.39. The molecule has 1 aromatic rings. The Labute approximate surface area is 119 Å². The number of nitrogens with zero attached hydrogens (tertiary/aromatic N) is 1. The Morgan fingerprint density at radius 2 is 2.11 bits per heavy atom. The van der Waals surface area contributed by atoms with Gasteiger partial charge in [-0.25, -0.2) is 0 Å². The van der Waals surface area contributed by atoms with Crippen LogP contribution in [0.1, 0.15) is 23.2 Å². The highest BCUT2D eigenvalue weighted by molar-refractivity contribution is 7.99. The Hall–Kier alpha value is -1.27. The van der Waals surface area contributed by atoms with Crippen molar-refractivity contribution < 1.29 is 9.72 Å². The smallest absolute Gasteiger partial charge is 0.300 e. The van der Waals surface area contributed by atoms with Crippen LogP contribution in [-0.2, 0) is 0 Å². The number of carbonyl (C=O) groups is 1. The van der Waals surface area contributed by atoms with E-state index in [0.29, 0.717) is 0 Å². The maximum absolute atomic E-state index is 12.1. The molecule has 1 fully saturated rings. The summed E-state index contributed by atoms with van der Waals surface area (Å²) in [6.07, 6.45) is 1.79. The second-order valence-corrected chi connectivity index (χ2v) is 5.89. The van der Waals surface area contributed by atoms with E-state index in [0.717, 1.165) is 24.3 Å². The first-order valence-corrected chi connectivity index (χ1v) is 7.44. The van der Waals surface area contributed by atoms with Gasteiger partial charge in [-0.15, -0.1) is 0 Å². The van der Waals surface area contributed by atoms with Gasteiger partial charge in [-0.2, -0.15) is 11.8 Å². The van der Waals surface area contributed by atoms with E-state index in [4.69, 9.17) is 11.6 Å². The molecule has 5 nitrogen and oxygen atoms in total. The fraction of sp³-hybridized carbons (Fsp3) is 0.417. The number of thioether (sulfide) groups is 1. The zero-order valence-corrected chi connectivity index (χ0v) is 11.7. The van der Waals surface area contributed by atoms with Crippen LogP contribution in [0.25, 0.3) is 0 Å². The number of hydrogen-bond acceptors (Lipinski definition) is 4. The molecule has 1 saturated heterocycles. The Morgan fingerprint density at radius 3 is 2.74 bits per heavy atom. The van der Waals surface area contributed by atoms with E-state index < -0.39 is 10.8 Å². The number of nitrogens with one attached hydrogen (secondary N) is 1. The summed E-state index contributed by atoms with van der Waals surface area (Å²) >= 11 is 7.64. The third-order valence-electron chi connectivity index (χ3n) is 2.97. The minimum atomic E-state index is -0.617. The maximum Gasteiger partial charge on any atom is 0.300 e. The van der Waals surface area contributed by atoms with Crippen LogP contribution in [-0.4, -0.2) is 28.4 Å². The first-order valence-electron chi connectivity index (χ1n) is 5.91. The highest BCUT2D eigenvalue weighted by Crippen LogP contribution is 2.28. The number of hydrogen-bond donors (Lipinski definition) is 1. The molecule has 1 heterocycles. The largest absolute Gasteiger partial charge is 0.349 e. The summed E-state index contributed by atoms with van der Waals surface area (Å²) < 4.78 is 0. The van der Waals surface area contributed by atoms with E-state index in [1.54, 1.807) is 6.07 Å². The molecule has 0 radical (unpaired) electrons. The molecule has 19 heavy (non-hydrogen) atoms. The van der Waals surface area contributed by atoms with E-state index in [1.165, 1.54) is 12.1 Å². The van der Waals surface area contributed by atoms with Gasteiger partial charge in [0.25, 0.3) is 5.91 Å². The van der Waals surface area contributed by atoms with Crippen molar-refractivity contribution in [3.05, 3.63) is 38.9 Å². The van der Waals surface area contributed by atoms with E-state index in [2.05, 4.69) is 5.32 Å². The van der Waals surface area contributed by atoms with Crippen molar-refractivity contribution in [2.24, 2.45) is 0 Å². The second kappa shape index (κ2) is 6.25. The lowest BCUT2D eigenvalue weighted by molar-refractivity contribution is -0.385. The molecule has 0 aliphatic carbocycles. The van der Waals surface area contributed by atoms with Gasteiger partial charge in [0.05, 0.1) is 4.92 Å². The molecule has 2 rings (SSSR count). The first kappa shape index (κ1) is 14.1. The number of halogens is 1. The van der Waals surface area contributed by atoms with Gasteiger partial charge in [0.15, 0.2) is 0 Å². The van der Waals surface area contributed by atoms with Crippen LogP contribution >= 0.6 is 23.4 Å². The second-order valence-electron chi connectivity index (χ2n) is 4.25. The van der Waals surface area contributed by atoms with Crippen LogP contribution in [0.15, 0.2) is 18.2 Å². The predicted octanol–water partition coefficient (Wildman–Crippen LogP) is 2.87. The minimum absolute atomic E-state index is 0.0168. The summed E-state index contributed by atoms with van der Waals surface area (Å²) in [5, 5.41) is 13.8. The fourth-order valence-electron chi connectivity index (χ4n) is 1.99. The summed E-state index contributed by atoms with van der Waals surface area (Å²) in [6.45, 7) is 0. The zero-order chi connectivity index (χ0) is 13.8.